The first kappa shape index (κ1) is 14.3. The number of halogens is 1. The van der Waals surface area contributed by atoms with Crippen molar-refractivity contribution in [1.82, 2.24) is 14.5 Å². The summed E-state index contributed by atoms with van der Waals surface area (Å²) < 4.78 is 13.6. The Morgan fingerprint density at radius 1 is 1.37 bits per heavy atom. The van der Waals surface area contributed by atoms with Crippen molar-refractivity contribution in [2.75, 3.05) is 6.26 Å². The zero-order chi connectivity index (χ0) is 14.3. The second-order valence-corrected chi connectivity index (χ2v) is 6.67. The van der Waals surface area contributed by atoms with E-state index in [2.05, 4.69) is 25.9 Å². The van der Waals surface area contributed by atoms with E-state index in [-0.39, 0.29) is 16.8 Å². The van der Waals surface area contributed by atoms with Gasteiger partial charge in [-0.05, 0) is 42.8 Å². The molecule has 2 rings (SSSR count). The molecule has 0 bridgehead atoms. The zero-order valence-electron chi connectivity index (χ0n) is 11.1. The van der Waals surface area contributed by atoms with Gasteiger partial charge in [0.05, 0.1) is 21.0 Å². The average Bonchev–Trinajstić information content (AvgIpc) is 2.30. The van der Waals surface area contributed by atoms with Crippen molar-refractivity contribution in [2.45, 2.75) is 32.0 Å². The lowest BCUT2D eigenvalue weighted by molar-refractivity contribution is 0.589. The van der Waals surface area contributed by atoms with Crippen LogP contribution in [0.2, 0.25) is 0 Å². The third kappa shape index (κ3) is 2.49. The maximum absolute atomic E-state index is 12.2. The quantitative estimate of drug-likeness (QED) is 0.784. The number of pyridine rings is 1. The van der Waals surface area contributed by atoms with Gasteiger partial charge in [0.1, 0.15) is 5.65 Å². The molecule has 0 saturated carbocycles. The Bertz CT molecular complexity index is 740. The molecule has 2 heterocycles. The molecule has 0 saturated heterocycles. The maximum atomic E-state index is 12.2. The summed E-state index contributed by atoms with van der Waals surface area (Å²) in [6, 6.07) is 1.67. The van der Waals surface area contributed by atoms with Gasteiger partial charge in [0.2, 0.25) is 5.16 Å². The Morgan fingerprint density at radius 2 is 2.00 bits per heavy atom. The van der Waals surface area contributed by atoms with E-state index in [1.807, 2.05) is 20.8 Å². The van der Waals surface area contributed by atoms with Gasteiger partial charge in [-0.1, -0.05) is 0 Å². The van der Waals surface area contributed by atoms with Gasteiger partial charge in [0.25, 0.3) is 5.56 Å². The summed E-state index contributed by atoms with van der Waals surface area (Å²) in [5.41, 5.74) is 1.10. The molecule has 0 spiro atoms. The summed E-state index contributed by atoms with van der Waals surface area (Å²) in [6.45, 7) is 5.64. The zero-order valence-corrected chi connectivity index (χ0v) is 13.5. The van der Waals surface area contributed by atoms with Crippen LogP contribution in [0.1, 0.15) is 25.6 Å². The third-order valence-electron chi connectivity index (χ3n) is 2.79. The predicted molar refractivity (Wildman–Crippen MR) is 79.0 cm³/mol. The van der Waals surface area contributed by atoms with Gasteiger partial charge >= 0.3 is 0 Å². The van der Waals surface area contributed by atoms with Crippen LogP contribution in [0.4, 0.5) is 0 Å². The minimum absolute atomic E-state index is 0.0417. The van der Waals surface area contributed by atoms with E-state index in [9.17, 15) is 9.00 Å². The fourth-order valence-electron chi connectivity index (χ4n) is 1.90. The molecule has 0 amide bonds. The Hall–Kier alpha value is -1.08. The smallest absolute Gasteiger partial charge is 0.266 e. The van der Waals surface area contributed by atoms with Crippen LogP contribution in [0.3, 0.4) is 0 Å². The van der Waals surface area contributed by atoms with E-state index in [1.54, 1.807) is 10.6 Å². The van der Waals surface area contributed by atoms with Crippen LogP contribution in [0.25, 0.3) is 11.0 Å². The number of aryl methyl sites for hydroxylation is 1. The lowest BCUT2D eigenvalue weighted by atomic mass is 10.2. The third-order valence-corrected chi connectivity index (χ3v) is 4.06. The van der Waals surface area contributed by atoms with E-state index < -0.39 is 10.8 Å². The van der Waals surface area contributed by atoms with Gasteiger partial charge in [-0.25, -0.2) is 9.97 Å². The SMILES string of the molecule is Cc1nc(S(C)=O)nc2c1cc(Br)c(=O)n2C(C)C. The second kappa shape index (κ2) is 5.13. The van der Waals surface area contributed by atoms with Gasteiger partial charge in [0.15, 0.2) is 0 Å². The average molecular weight is 344 g/mol. The van der Waals surface area contributed by atoms with Crippen LogP contribution in [0, 0.1) is 6.92 Å². The molecule has 0 aliphatic rings. The molecule has 5 nitrogen and oxygen atoms in total. The molecule has 2 aromatic heterocycles. The van der Waals surface area contributed by atoms with Crippen molar-refractivity contribution in [3.8, 4) is 0 Å². The second-order valence-electron chi connectivity index (χ2n) is 4.54. The Labute approximate surface area is 121 Å². The van der Waals surface area contributed by atoms with Gasteiger partial charge in [-0.2, -0.15) is 0 Å². The highest BCUT2D eigenvalue weighted by molar-refractivity contribution is 9.10. The summed E-state index contributed by atoms with van der Waals surface area (Å²) >= 11 is 3.27. The Balaban J connectivity index is 3.00. The fraction of sp³-hybridized carbons (Fsp3) is 0.417. The maximum Gasteiger partial charge on any atom is 0.266 e. The van der Waals surface area contributed by atoms with E-state index in [0.29, 0.717) is 15.8 Å². The van der Waals surface area contributed by atoms with Crippen LogP contribution in [0.15, 0.2) is 20.5 Å². The largest absolute Gasteiger partial charge is 0.289 e. The Morgan fingerprint density at radius 3 is 2.53 bits per heavy atom. The molecule has 0 radical (unpaired) electrons. The lowest BCUT2D eigenvalue weighted by Crippen LogP contribution is -2.24. The number of rotatable bonds is 2. The van der Waals surface area contributed by atoms with E-state index in [4.69, 9.17) is 0 Å². The highest BCUT2D eigenvalue weighted by atomic mass is 79.9. The van der Waals surface area contributed by atoms with Gasteiger partial charge in [0, 0.05) is 17.7 Å². The first-order chi connectivity index (χ1) is 8.82. The van der Waals surface area contributed by atoms with Crippen LogP contribution in [-0.4, -0.2) is 25.0 Å². The molecule has 0 N–H and O–H groups in total. The van der Waals surface area contributed by atoms with Gasteiger partial charge in [-0.3, -0.25) is 13.6 Å². The van der Waals surface area contributed by atoms with E-state index in [0.717, 1.165) is 5.39 Å². The number of hydrogen-bond acceptors (Lipinski definition) is 4. The minimum Gasteiger partial charge on any atom is -0.289 e. The van der Waals surface area contributed by atoms with E-state index in [1.165, 1.54) is 6.26 Å². The fourth-order valence-corrected chi connectivity index (χ4v) is 2.80. The van der Waals surface area contributed by atoms with Gasteiger partial charge < -0.3 is 0 Å². The summed E-state index contributed by atoms with van der Waals surface area (Å²) in [6.07, 6.45) is 1.53. The summed E-state index contributed by atoms with van der Waals surface area (Å²) in [4.78, 5) is 20.7. The summed E-state index contributed by atoms with van der Waals surface area (Å²) in [7, 11) is -1.28. The topological polar surface area (TPSA) is 64.8 Å². The molecule has 0 aromatic carbocycles. The van der Waals surface area contributed by atoms with Crippen molar-refractivity contribution in [1.29, 1.82) is 0 Å². The molecule has 102 valence electrons. The van der Waals surface area contributed by atoms with Crippen molar-refractivity contribution >= 4 is 37.8 Å². The van der Waals surface area contributed by atoms with Crippen LogP contribution >= 0.6 is 15.9 Å². The van der Waals surface area contributed by atoms with Gasteiger partial charge in [-0.15, -0.1) is 0 Å². The Kier molecular flexibility index (Phi) is 3.87. The monoisotopic (exact) mass is 343 g/mol. The number of aromatic nitrogens is 3. The van der Waals surface area contributed by atoms with Crippen molar-refractivity contribution < 1.29 is 4.21 Å². The molecule has 7 heteroatoms. The number of nitrogens with zero attached hydrogens (tertiary/aromatic N) is 3. The predicted octanol–water partition coefficient (Wildman–Crippen LogP) is 2.18. The molecule has 1 unspecified atom stereocenters. The molecular formula is C12H14BrN3O2S. The molecular weight excluding hydrogens is 330 g/mol. The van der Waals surface area contributed by atoms with Crippen molar-refractivity contribution in [3.63, 3.8) is 0 Å². The number of fused-ring (bicyclic) bond motifs is 1. The van der Waals surface area contributed by atoms with Crippen LogP contribution in [-0.2, 0) is 10.8 Å². The highest BCUT2D eigenvalue weighted by Crippen LogP contribution is 2.21. The molecule has 2 aromatic rings. The standard InChI is InChI=1S/C12H14BrN3O2S/c1-6(2)16-10-8(5-9(13)11(16)17)7(3)14-12(15-10)19(4)18/h5-6H,1-4H3. The van der Waals surface area contributed by atoms with E-state index >= 15 is 0 Å². The van der Waals surface area contributed by atoms with Crippen LogP contribution in [0.5, 0.6) is 0 Å². The summed E-state index contributed by atoms with van der Waals surface area (Å²) in [5.74, 6) is 0. The highest BCUT2D eigenvalue weighted by Gasteiger charge is 2.15. The normalized spacial score (nSPS) is 13.2. The van der Waals surface area contributed by atoms with Crippen molar-refractivity contribution in [2.24, 2.45) is 0 Å². The molecule has 1 atom stereocenters. The first-order valence-electron chi connectivity index (χ1n) is 5.75. The minimum atomic E-state index is -1.28. The number of hydrogen-bond donors (Lipinski definition) is 0. The lowest BCUT2D eigenvalue weighted by Gasteiger charge is -2.15. The van der Waals surface area contributed by atoms with Crippen molar-refractivity contribution in [3.05, 3.63) is 26.6 Å². The summed E-state index contributed by atoms with van der Waals surface area (Å²) in [5, 5.41) is 1.04. The molecule has 19 heavy (non-hydrogen) atoms. The first-order valence-corrected chi connectivity index (χ1v) is 8.11. The van der Waals surface area contributed by atoms with Crippen LogP contribution < -0.4 is 5.56 Å². The molecule has 0 aliphatic carbocycles. The molecule has 0 aliphatic heterocycles. The molecule has 0 fully saturated rings.